The number of aryl methyl sites for hydroxylation is 1. The molecule has 1 aromatic rings. The van der Waals surface area contributed by atoms with Crippen molar-refractivity contribution in [2.24, 2.45) is 0 Å². The van der Waals surface area contributed by atoms with Crippen LogP contribution in [0.15, 0.2) is 0 Å². The molecular weight excluding hydrogens is 270 g/mol. The van der Waals surface area contributed by atoms with E-state index in [1.165, 1.54) is 30.7 Å². The van der Waals surface area contributed by atoms with Crippen LogP contribution >= 0.6 is 11.3 Å². The lowest BCUT2D eigenvalue weighted by Gasteiger charge is -2.31. The Morgan fingerprint density at radius 2 is 2.15 bits per heavy atom. The van der Waals surface area contributed by atoms with Crippen molar-refractivity contribution in [2.75, 3.05) is 19.6 Å². The van der Waals surface area contributed by atoms with Gasteiger partial charge in [0.15, 0.2) is 0 Å². The number of hydrogen-bond donors (Lipinski definition) is 1. The SMILES string of the molecule is Cc1nc(C2CCCC2)sc1C(=O)N1CCN[C@H](C)C1. The molecule has 2 heterocycles. The molecule has 1 N–H and O–H groups in total. The van der Waals surface area contributed by atoms with Gasteiger partial charge in [-0.25, -0.2) is 4.98 Å². The van der Waals surface area contributed by atoms with Gasteiger partial charge in [-0.15, -0.1) is 11.3 Å². The highest BCUT2D eigenvalue weighted by Gasteiger charge is 2.27. The summed E-state index contributed by atoms with van der Waals surface area (Å²) in [6, 6.07) is 0.384. The van der Waals surface area contributed by atoms with Crippen LogP contribution in [-0.4, -0.2) is 41.5 Å². The van der Waals surface area contributed by atoms with Crippen molar-refractivity contribution in [3.63, 3.8) is 0 Å². The van der Waals surface area contributed by atoms with Gasteiger partial charge in [0.1, 0.15) is 4.88 Å². The first kappa shape index (κ1) is 14.0. The number of piperazine rings is 1. The van der Waals surface area contributed by atoms with Crippen LogP contribution in [0.2, 0.25) is 0 Å². The Balaban J connectivity index is 1.77. The summed E-state index contributed by atoms with van der Waals surface area (Å²) in [5, 5.41) is 4.56. The van der Waals surface area contributed by atoms with Crippen molar-refractivity contribution < 1.29 is 4.79 Å². The van der Waals surface area contributed by atoms with E-state index in [4.69, 9.17) is 0 Å². The van der Waals surface area contributed by atoms with Gasteiger partial charge in [-0.1, -0.05) is 12.8 Å². The maximum Gasteiger partial charge on any atom is 0.265 e. The smallest absolute Gasteiger partial charge is 0.265 e. The van der Waals surface area contributed by atoms with E-state index in [1.807, 2.05) is 11.8 Å². The molecule has 20 heavy (non-hydrogen) atoms. The van der Waals surface area contributed by atoms with E-state index in [9.17, 15) is 4.79 Å². The molecule has 1 amide bonds. The van der Waals surface area contributed by atoms with Gasteiger partial charge in [-0.05, 0) is 26.7 Å². The molecule has 3 rings (SSSR count). The average molecular weight is 293 g/mol. The monoisotopic (exact) mass is 293 g/mol. The molecule has 0 aromatic carbocycles. The van der Waals surface area contributed by atoms with Crippen LogP contribution in [-0.2, 0) is 0 Å². The second-order valence-electron chi connectivity index (χ2n) is 6.05. The molecule has 1 aromatic heterocycles. The largest absolute Gasteiger partial charge is 0.335 e. The zero-order valence-corrected chi connectivity index (χ0v) is 13.1. The average Bonchev–Trinajstić information content (AvgIpc) is 3.07. The molecule has 0 unspecified atom stereocenters. The highest BCUT2D eigenvalue weighted by atomic mass is 32.1. The molecule has 0 bridgehead atoms. The van der Waals surface area contributed by atoms with E-state index in [2.05, 4.69) is 17.2 Å². The van der Waals surface area contributed by atoms with Crippen LogP contribution in [0.3, 0.4) is 0 Å². The minimum Gasteiger partial charge on any atom is -0.335 e. The van der Waals surface area contributed by atoms with Crippen molar-refractivity contribution in [1.29, 1.82) is 0 Å². The Morgan fingerprint density at radius 1 is 1.40 bits per heavy atom. The number of aromatic nitrogens is 1. The summed E-state index contributed by atoms with van der Waals surface area (Å²) in [6.07, 6.45) is 5.10. The van der Waals surface area contributed by atoms with E-state index in [0.717, 1.165) is 30.2 Å². The van der Waals surface area contributed by atoms with Crippen molar-refractivity contribution in [2.45, 2.75) is 51.5 Å². The first-order chi connectivity index (χ1) is 9.65. The molecule has 2 aliphatic rings. The summed E-state index contributed by atoms with van der Waals surface area (Å²) in [4.78, 5) is 20.2. The molecule has 1 saturated heterocycles. The summed E-state index contributed by atoms with van der Waals surface area (Å²) >= 11 is 1.64. The highest BCUT2D eigenvalue weighted by Crippen LogP contribution is 2.37. The summed E-state index contributed by atoms with van der Waals surface area (Å²) in [5.41, 5.74) is 0.924. The van der Waals surface area contributed by atoms with Crippen LogP contribution in [0.1, 0.15) is 58.9 Å². The van der Waals surface area contributed by atoms with E-state index in [0.29, 0.717) is 12.0 Å². The van der Waals surface area contributed by atoms with E-state index in [1.54, 1.807) is 11.3 Å². The number of carbonyl (C=O) groups excluding carboxylic acids is 1. The number of carbonyl (C=O) groups is 1. The Labute approximate surface area is 124 Å². The van der Waals surface area contributed by atoms with E-state index in [-0.39, 0.29) is 5.91 Å². The standard InChI is InChI=1S/C15H23N3OS/c1-10-9-18(8-7-16-10)15(19)13-11(2)17-14(20-13)12-5-3-4-6-12/h10,12,16H,3-9H2,1-2H3/t10-/m1/s1. The number of amides is 1. The van der Waals surface area contributed by atoms with Gasteiger partial charge in [-0.2, -0.15) is 0 Å². The summed E-state index contributed by atoms with van der Waals surface area (Å²) < 4.78 is 0. The van der Waals surface area contributed by atoms with E-state index >= 15 is 0 Å². The van der Waals surface area contributed by atoms with Crippen LogP contribution in [0.5, 0.6) is 0 Å². The van der Waals surface area contributed by atoms with Gasteiger partial charge in [0.25, 0.3) is 5.91 Å². The molecule has 4 nitrogen and oxygen atoms in total. The van der Waals surface area contributed by atoms with Crippen molar-refractivity contribution >= 4 is 17.2 Å². The van der Waals surface area contributed by atoms with Gasteiger partial charge >= 0.3 is 0 Å². The van der Waals surface area contributed by atoms with Crippen LogP contribution in [0, 0.1) is 6.92 Å². The number of nitrogens with zero attached hydrogens (tertiary/aromatic N) is 2. The summed E-state index contributed by atoms with van der Waals surface area (Å²) in [5.74, 6) is 0.778. The Hall–Kier alpha value is -0.940. The van der Waals surface area contributed by atoms with Crippen LogP contribution < -0.4 is 5.32 Å². The lowest BCUT2D eigenvalue weighted by molar-refractivity contribution is 0.0713. The fourth-order valence-electron chi connectivity index (χ4n) is 3.22. The first-order valence-electron chi connectivity index (χ1n) is 7.65. The second-order valence-corrected chi connectivity index (χ2v) is 7.09. The third kappa shape index (κ3) is 2.74. The maximum atomic E-state index is 12.7. The lowest BCUT2D eigenvalue weighted by Crippen LogP contribution is -2.51. The molecule has 1 saturated carbocycles. The second kappa shape index (κ2) is 5.82. The molecule has 5 heteroatoms. The molecular formula is C15H23N3OS. The van der Waals surface area contributed by atoms with Crippen LogP contribution in [0.25, 0.3) is 0 Å². The van der Waals surface area contributed by atoms with Gasteiger partial charge in [0.05, 0.1) is 10.7 Å². The molecule has 0 spiro atoms. The zero-order valence-electron chi connectivity index (χ0n) is 12.3. The van der Waals surface area contributed by atoms with Crippen molar-refractivity contribution in [3.8, 4) is 0 Å². The minimum absolute atomic E-state index is 0.178. The van der Waals surface area contributed by atoms with Crippen molar-refractivity contribution in [1.82, 2.24) is 15.2 Å². The molecule has 110 valence electrons. The first-order valence-corrected chi connectivity index (χ1v) is 8.47. The fourth-order valence-corrected chi connectivity index (χ4v) is 4.43. The molecule has 1 atom stereocenters. The third-order valence-electron chi connectivity index (χ3n) is 4.37. The van der Waals surface area contributed by atoms with Gasteiger partial charge in [0.2, 0.25) is 0 Å². The lowest BCUT2D eigenvalue weighted by atomic mass is 10.1. The van der Waals surface area contributed by atoms with Crippen LogP contribution in [0.4, 0.5) is 0 Å². The Bertz CT molecular complexity index is 493. The molecule has 2 fully saturated rings. The normalized spacial score (nSPS) is 24.3. The summed E-state index contributed by atoms with van der Waals surface area (Å²) in [6.45, 7) is 6.60. The number of rotatable bonds is 2. The van der Waals surface area contributed by atoms with Gasteiger partial charge in [-0.3, -0.25) is 4.79 Å². The predicted molar refractivity (Wildman–Crippen MR) is 81.4 cm³/mol. The summed E-state index contributed by atoms with van der Waals surface area (Å²) in [7, 11) is 0. The maximum absolute atomic E-state index is 12.7. The van der Waals surface area contributed by atoms with Gasteiger partial charge < -0.3 is 10.2 Å². The number of thiazole rings is 1. The minimum atomic E-state index is 0.178. The topological polar surface area (TPSA) is 45.2 Å². The highest BCUT2D eigenvalue weighted by molar-refractivity contribution is 7.13. The Morgan fingerprint density at radius 3 is 2.85 bits per heavy atom. The Kier molecular flexibility index (Phi) is 4.08. The molecule has 1 aliphatic heterocycles. The molecule has 0 radical (unpaired) electrons. The van der Waals surface area contributed by atoms with E-state index < -0.39 is 0 Å². The number of nitrogens with one attached hydrogen (secondary N) is 1. The third-order valence-corrected chi connectivity index (χ3v) is 5.68. The predicted octanol–water partition coefficient (Wildman–Crippen LogP) is 2.54. The van der Waals surface area contributed by atoms with Crippen molar-refractivity contribution in [3.05, 3.63) is 15.6 Å². The van der Waals surface area contributed by atoms with Gasteiger partial charge in [0, 0.05) is 31.6 Å². The molecule has 1 aliphatic carbocycles. The number of hydrogen-bond acceptors (Lipinski definition) is 4. The quantitative estimate of drug-likeness (QED) is 0.911. The zero-order chi connectivity index (χ0) is 14.1. The fraction of sp³-hybridized carbons (Fsp3) is 0.733.